The van der Waals surface area contributed by atoms with Crippen molar-refractivity contribution in [2.75, 3.05) is 11.1 Å². The molecule has 20 heavy (non-hydrogen) atoms. The smallest absolute Gasteiger partial charge is 0.224 e. The first kappa shape index (κ1) is 13.9. The van der Waals surface area contributed by atoms with Gasteiger partial charge in [0.1, 0.15) is 5.75 Å². The molecule has 0 radical (unpaired) electrons. The van der Waals surface area contributed by atoms with Crippen LogP contribution in [0.4, 0.5) is 11.4 Å². The number of amides is 1. The van der Waals surface area contributed by atoms with Crippen molar-refractivity contribution in [3.8, 4) is 5.75 Å². The third-order valence-corrected chi connectivity index (χ3v) is 3.10. The maximum Gasteiger partial charge on any atom is 0.224 e. The quantitative estimate of drug-likeness (QED) is 0.590. The fraction of sp³-hybridized carbons (Fsp3) is 0.188. The second-order valence-corrected chi connectivity index (χ2v) is 4.79. The summed E-state index contributed by atoms with van der Waals surface area (Å²) >= 11 is 0. The first-order valence-corrected chi connectivity index (χ1v) is 6.48. The summed E-state index contributed by atoms with van der Waals surface area (Å²) < 4.78 is 0. The van der Waals surface area contributed by atoms with E-state index in [9.17, 15) is 9.90 Å². The number of aryl methyl sites for hydroxylation is 2. The van der Waals surface area contributed by atoms with Crippen molar-refractivity contribution in [2.45, 2.75) is 19.8 Å². The molecule has 0 aliphatic heterocycles. The normalized spacial score (nSPS) is 10.2. The number of phenolic OH excluding ortho intramolecular Hbond substituents is 1. The van der Waals surface area contributed by atoms with Gasteiger partial charge in [-0.25, -0.2) is 0 Å². The number of benzene rings is 2. The maximum atomic E-state index is 11.9. The SMILES string of the molecule is Cc1cc(NC(=O)CCc2ccc(N)cc2)ccc1O. The number of aromatic hydroxyl groups is 1. The molecule has 2 aromatic rings. The number of nitrogens with one attached hydrogen (secondary N) is 1. The lowest BCUT2D eigenvalue weighted by molar-refractivity contribution is -0.116. The molecule has 0 atom stereocenters. The minimum absolute atomic E-state index is 0.0492. The fourth-order valence-electron chi connectivity index (χ4n) is 1.90. The highest BCUT2D eigenvalue weighted by molar-refractivity contribution is 5.91. The second-order valence-electron chi connectivity index (χ2n) is 4.79. The van der Waals surface area contributed by atoms with Gasteiger partial charge in [-0.3, -0.25) is 4.79 Å². The predicted octanol–water partition coefficient (Wildman–Crippen LogP) is 2.85. The summed E-state index contributed by atoms with van der Waals surface area (Å²) in [6.07, 6.45) is 1.08. The summed E-state index contributed by atoms with van der Waals surface area (Å²) in [5.74, 6) is 0.178. The number of hydrogen-bond donors (Lipinski definition) is 3. The van der Waals surface area contributed by atoms with E-state index in [1.807, 2.05) is 24.3 Å². The Morgan fingerprint density at radius 3 is 2.55 bits per heavy atom. The Balaban J connectivity index is 1.89. The Morgan fingerprint density at radius 1 is 1.20 bits per heavy atom. The minimum atomic E-state index is -0.0492. The van der Waals surface area contributed by atoms with Gasteiger partial charge in [0.05, 0.1) is 0 Å². The molecule has 2 rings (SSSR count). The van der Waals surface area contributed by atoms with Crippen LogP contribution in [-0.2, 0) is 11.2 Å². The molecule has 104 valence electrons. The summed E-state index contributed by atoms with van der Waals surface area (Å²) in [5.41, 5.74) is 8.85. The van der Waals surface area contributed by atoms with E-state index in [0.29, 0.717) is 18.5 Å². The van der Waals surface area contributed by atoms with E-state index in [1.165, 1.54) is 0 Å². The summed E-state index contributed by atoms with van der Waals surface area (Å²) in [6, 6.07) is 12.5. The van der Waals surface area contributed by atoms with Crippen LogP contribution in [0.5, 0.6) is 5.75 Å². The number of phenols is 1. The first-order chi connectivity index (χ1) is 9.54. The first-order valence-electron chi connectivity index (χ1n) is 6.48. The molecular formula is C16H18N2O2. The Labute approximate surface area is 118 Å². The van der Waals surface area contributed by atoms with Gasteiger partial charge in [-0.1, -0.05) is 12.1 Å². The lowest BCUT2D eigenvalue weighted by Gasteiger charge is -2.07. The molecule has 0 spiro atoms. The van der Waals surface area contributed by atoms with Gasteiger partial charge in [0, 0.05) is 17.8 Å². The van der Waals surface area contributed by atoms with Gasteiger partial charge in [0.2, 0.25) is 5.91 Å². The third-order valence-electron chi connectivity index (χ3n) is 3.10. The summed E-state index contributed by atoms with van der Waals surface area (Å²) in [6.45, 7) is 1.79. The van der Waals surface area contributed by atoms with Crippen LogP contribution in [0.1, 0.15) is 17.5 Å². The van der Waals surface area contributed by atoms with Crippen LogP contribution in [-0.4, -0.2) is 11.0 Å². The molecular weight excluding hydrogens is 252 g/mol. The van der Waals surface area contributed by atoms with Gasteiger partial charge >= 0.3 is 0 Å². The zero-order chi connectivity index (χ0) is 14.5. The number of anilines is 2. The van der Waals surface area contributed by atoms with Crippen molar-refractivity contribution < 1.29 is 9.90 Å². The van der Waals surface area contributed by atoms with Gasteiger partial charge in [-0.15, -0.1) is 0 Å². The molecule has 0 saturated carbocycles. The van der Waals surface area contributed by atoms with Crippen LogP contribution in [0.15, 0.2) is 42.5 Å². The Morgan fingerprint density at radius 2 is 1.90 bits per heavy atom. The molecule has 0 aliphatic carbocycles. The Bertz CT molecular complexity index is 606. The average Bonchev–Trinajstić information content (AvgIpc) is 2.42. The number of nitrogen functional groups attached to an aromatic ring is 1. The lowest BCUT2D eigenvalue weighted by Crippen LogP contribution is -2.12. The summed E-state index contributed by atoms with van der Waals surface area (Å²) in [7, 11) is 0. The van der Waals surface area contributed by atoms with Crippen LogP contribution in [0.2, 0.25) is 0 Å². The topological polar surface area (TPSA) is 75.4 Å². The van der Waals surface area contributed by atoms with Gasteiger partial charge in [0.15, 0.2) is 0 Å². The van der Waals surface area contributed by atoms with E-state index in [1.54, 1.807) is 25.1 Å². The Hall–Kier alpha value is -2.49. The maximum absolute atomic E-state index is 11.9. The highest BCUT2D eigenvalue weighted by Gasteiger charge is 2.04. The van der Waals surface area contributed by atoms with Gasteiger partial charge in [-0.2, -0.15) is 0 Å². The molecule has 0 bridgehead atoms. The van der Waals surface area contributed by atoms with Crippen LogP contribution in [0.3, 0.4) is 0 Å². The number of hydrogen-bond acceptors (Lipinski definition) is 3. The monoisotopic (exact) mass is 270 g/mol. The molecule has 0 saturated heterocycles. The standard InChI is InChI=1S/C16H18N2O2/c1-11-10-14(7-8-15(11)19)18-16(20)9-4-12-2-5-13(17)6-3-12/h2-3,5-8,10,19H,4,9,17H2,1H3,(H,18,20). The molecule has 1 amide bonds. The molecule has 4 heteroatoms. The van der Waals surface area contributed by atoms with Crippen LogP contribution >= 0.6 is 0 Å². The minimum Gasteiger partial charge on any atom is -0.508 e. The molecule has 2 aromatic carbocycles. The second kappa shape index (κ2) is 6.10. The molecule has 4 nitrogen and oxygen atoms in total. The van der Waals surface area contributed by atoms with Crippen LogP contribution in [0.25, 0.3) is 0 Å². The summed E-state index contributed by atoms with van der Waals surface area (Å²) in [5, 5.41) is 12.2. The van der Waals surface area contributed by atoms with E-state index < -0.39 is 0 Å². The number of carbonyl (C=O) groups is 1. The Kier molecular flexibility index (Phi) is 4.25. The van der Waals surface area contributed by atoms with E-state index in [-0.39, 0.29) is 11.7 Å². The fourth-order valence-corrected chi connectivity index (χ4v) is 1.90. The highest BCUT2D eigenvalue weighted by atomic mass is 16.3. The largest absolute Gasteiger partial charge is 0.508 e. The molecule has 0 heterocycles. The van der Waals surface area contributed by atoms with Gasteiger partial charge in [0.25, 0.3) is 0 Å². The molecule has 0 unspecified atom stereocenters. The number of carbonyl (C=O) groups excluding carboxylic acids is 1. The average molecular weight is 270 g/mol. The number of nitrogens with two attached hydrogens (primary N) is 1. The van der Waals surface area contributed by atoms with Crippen molar-refractivity contribution in [1.29, 1.82) is 0 Å². The molecule has 0 fully saturated rings. The van der Waals surface area contributed by atoms with Crippen molar-refractivity contribution in [3.05, 3.63) is 53.6 Å². The van der Waals surface area contributed by atoms with Gasteiger partial charge < -0.3 is 16.2 Å². The lowest BCUT2D eigenvalue weighted by atomic mass is 10.1. The molecule has 4 N–H and O–H groups in total. The van der Waals surface area contributed by atoms with Crippen molar-refractivity contribution >= 4 is 17.3 Å². The molecule has 0 aliphatic rings. The van der Waals surface area contributed by atoms with Crippen molar-refractivity contribution in [1.82, 2.24) is 0 Å². The van der Waals surface area contributed by atoms with Crippen LogP contribution < -0.4 is 11.1 Å². The van der Waals surface area contributed by atoms with E-state index in [4.69, 9.17) is 5.73 Å². The third kappa shape index (κ3) is 3.75. The van der Waals surface area contributed by atoms with Crippen molar-refractivity contribution in [2.24, 2.45) is 0 Å². The zero-order valence-corrected chi connectivity index (χ0v) is 11.4. The molecule has 0 aromatic heterocycles. The summed E-state index contributed by atoms with van der Waals surface area (Å²) in [4.78, 5) is 11.9. The van der Waals surface area contributed by atoms with E-state index in [2.05, 4.69) is 5.32 Å². The zero-order valence-electron chi connectivity index (χ0n) is 11.4. The van der Waals surface area contributed by atoms with Crippen molar-refractivity contribution in [3.63, 3.8) is 0 Å². The predicted molar refractivity (Wildman–Crippen MR) is 80.6 cm³/mol. The van der Waals surface area contributed by atoms with E-state index >= 15 is 0 Å². The van der Waals surface area contributed by atoms with Gasteiger partial charge in [-0.05, 0) is 54.8 Å². The number of rotatable bonds is 4. The highest BCUT2D eigenvalue weighted by Crippen LogP contribution is 2.20. The van der Waals surface area contributed by atoms with E-state index in [0.717, 1.165) is 16.8 Å². The van der Waals surface area contributed by atoms with Crippen LogP contribution in [0, 0.1) is 6.92 Å².